The van der Waals surface area contributed by atoms with Crippen LogP contribution in [0.15, 0.2) is 17.3 Å². The van der Waals surface area contributed by atoms with Crippen LogP contribution in [0.5, 0.6) is 0 Å². The number of carbonyl (C=O) groups is 1. The summed E-state index contributed by atoms with van der Waals surface area (Å²) >= 11 is 3.24. The zero-order valence-corrected chi connectivity index (χ0v) is 6.13. The third-order valence-corrected chi connectivity index (χ3v) is 1.36. The second-order valence-corrected chi connectivity index (χ2v) is 2.59. The molecule has 2 amide bonds. The van der Waals surface area contributed by atoms with Gasteiger partial charge >= 0.3 is 6.03 Å². The number of alkyl halides is 1. The van der Waals surface area contributed by atoms with E-state index in [2.05, 4.69) is 26.2 Å². The van der Waals surface area contributed by atoms with Crippen molar-refractivity contribution in [3.63, 3.8) is 0 Å². The van der Waals surface area contributed by atoms with Gasteiger partial charge in [0.05, 0.1) is 4.83 Å². The van der Waals surface area contributed by atoms with Crippen molar-refractivity contribution in [3.8, 4) is 0 Å². The van der Waals surface area contributed by atoms with Gasteiger partial charge in [-0.3, -0.25) is 0 Å². The summed E-state index contributed by atoms with van der Waals surface area (Å²) in [6.07, 6.45) is 4.88. The molecule has 0 saturated carbocycles. The Bertz CT molecular complexity index is 176. The standard InChI is InChI=1S/C5H5BrN2O/c6-4-1-2-7-5(9)8-3-4/h1-4H,(H,7,9). The van der Waals surface area contributed by atoms with Gasteiger partial charge in [0.1, 0.15) is 0 Å². The fraction of sp³-hybridized carbons (Fsp3) is 0.200. The van der Waals surface area contributed by atoms with E-state index < -0.39 is 0 Å². The third kappa shape index (κ3) is 1.97. The Kier molecular flexibility index (Phi) is 2.00. The summed E-state index contributed by atoms with van der Waals surface area (Å²) in [7, 11) is 0. The van der Waals surface area contributed by atoms with E-state index in [0.717, 1.165) is 0 Å². The van der Waals surface area contributed by atoms with Crippen molar-refractivity contribution in [2.45, 2.75) is 4.83 Å². The molecule has 3 nitrogen and oxygen atoms in total. The van der Waals surface area contributed by atoms with E-state index in [1.807, 2.05) is 0 Å². The minimum Gasteiger partial charge on any atom is -0.313 e. The molecule has 1 unspecified atom stereocenters. The fourth-order valence-electron chi connectivity index (χ4n) is 0.437. The first kappa shape index (κ1) is 6.48. The van der Waals surface area contributed by atoms with Gasteiger partial charge in [0, 0.05) is 12.4 Å². The van der Waals surface area contributed by atoms with Crippen molar-refractivity contribution in [3.05, 3.63) is 12.3 Å². The van der Waals surface area contributed by atoms with Gasteiger partial charge in [0.25, 0.3) is 0 Å². The lowest BCUT2D eigenvalue weighted by Crippen LogP contribution is -2.09. The van der Waals surface area contributed by atoms with E-state index in [1.165, 1.54) is 6.21 Å². The zero-order chi connectivity index (χ0) is 6.69. The first-order valence-electron chi connectivity index (χ1n) is 2.44. The van der Waals surface area contributed by atoms with Crippen LogP contribution in [0.1, 0.15) is 0 Å². The van der Waals surface area contributed by atoms with E-state index in [1.54, 1.807) is 12.3 Å². The molecule has 48 valence electrons. The number of hydrogen-bond acceptors (Lipinski definition) is 1. The van der Waals surface area contributed by atoms with E-state index in [9.17, 15) is 4.79 Å². The molecule has 1 atom stereocenters. The molecule has 0 aromatic carbocycles. The number of urea groups is 1. The molecule has 0 spiro atoms. The van der Waals surface area contributed by atoms with Crippen LogP contribution in [0.25, 0.3) is 0 Å². The Hall–Kier alpha value is -0.640. The van der Waals surface area contributed by atoms with Crippen molar-refractivity contribution < 1.29 is 4.79 Å². The number of aliphatic imine (C=N–C) groups is 1. The van der Waals surface area contributed by atoms with Gasteiger partial charge in [-0.1, -0.05) is 15.9 Å². The number of carbonyl (C=O) groups excluding carboxylic acids is 1. The minimum atomic E-state index is -0.326. The van der Waals surface area contributed by atoms with Crippen LogP contribution in [0.2, 0.25) is 0 Å². The summed E-state index contributed by atoms with van der Waals surface area (Å²) in [5, 5.41) is 2.43. The third-order valence-electron chi connectivity index (χ3n) is 0.821. The molecule has 0 fully saturated rings. The monoisotopic (exact) mass is 188 g/mol. The molecule has 0 bridgehead atoms. The maximum absolute atomic E-state index is 10.4. The van der Waals surface area contributed by atoms with Crippen molar-refractivity contribution in [2.24, 2.45) is 4.99 Å². The molecule has 0 saturated heterocycles. The molecular weight excluding hydrogens is 184 g/mol. The predicted molar refractivity (Wildman–Crippen MR) is 38.9 cm³/mol. The molecule has 1 N–H and O–H groups in total. The second-order valence-electron chi connectivity index (χ2n) is 1.53. The number of allylic oxidation sites excluding steroid dienone is 1. The van der Waals surface area contributed by atoms with Gasteiger partial charge in [-0.15, -0.1) is 0 Å². The van der Waals surface area contributed by atoms with Crippen molar-refractivity contribution >= 4 is 28.2 Å². The van der Waals surface area contributed by atoms with Crippen LogP contribution in [0.4, 0.5) is 4.79 Å². The Balaban J connectivity index is 2.68. The average Bonchev–Trinajstić information content (AvgIpc) is 1.97. The largest absolute Gasteiger partial charge is 0.344 e. The number of halogens is 1. The Morgan fingerprint density at radius 1 is 1.78 bits per heavy atom. The van der Waals surface area contributed by atoms with E-state index in [0.29, 0.717) is 0 Å². The van der Waals surface area contributed by atoms with E-state index in [-0.39, 0.29) is 10.9 Å². The van der Waals surface area contributed by atoms with Crippen molar-refractivity contribution in [2.75, 3.05) is 0 Å². The number of nitrogens with one attached hydrogen (secondary N) is 1. The normalized spacial score (nSPS) is 25.4. The van der Waals surface area contributed by atoms with Crippen LogP contribution < -0.4 is 5.32 Å². The summed E-state index contributed by atoms with van der Waals surface area (Å²) in [5.41, 5.74) is 0. The fourth-order valence-corrected chi connectivity index (χ4v) is 0.708. The zero-order valence-electron chi connectivity index (χ0n) is 4.54. The topological polar surface area (TPSA) is 41.5 Å². The maximum Gasteiger partial charge on any atom is 0.344 e. The number of amides is 2. The smallest absolute Gasteiger partial charge is 0.313 e. The summed E-state index contributed by atoms with van der Waals surface area (Å²) in [6.45, 7) is 0. The Morgan fingerprint density at radius 2 is 2.56 bits per heavy atom. The second kappa shape index (κ2) is 2.77. The molecule has 9 heavy (non-hydrogen) atoms. The summed E-state index contributed by atoms with van der Waals surface area (Å²) in [6, 6.07) is -0.326. The minimum absolute atomic E-state index is 0.0662. The maximum atomic E-state index is 10.4. The lowest BCUT2D eigenvalue weighted by Gasteiger charge is -1.85. The highest BCUT2D eigenvalue weighted by Gasteiger charge is 1.99. The average molecular weight is 189 g/mol. The molecule has 0 aromatic rings. The molecule has 0 aliphatic carbocycles. The highest BCUT2D eigenvalue weighted by Crippen LogP contribution is 1.99. The first-order valence-corrected chi connectivity index (χ1v) is 3.36. The highest BCUT2D eigenvalue weighted by molar-refractivity contribution is 9.10. The summed E-state index contributed by atoms with van der Waals surface area (Å²) < 4.78 is 0. The molecule has 1 aliphatic rings. The Morgan fingerprint density at radius 3 is 3.33 bits per heavy atom. The lowest BCUT2D eigenvalue weighted by atomic mass is 10.4. The van der Waals surface area contributed by atoms with Crippen LogP contribution in [-0.4, -0.2) is 17.1 Å². The molecule has 0 radical (unpaired) electrons. The van der Waals surface area contributed by atoms with Crippen LogP contribution in [-0.2, 0) is 0 Å². The number of hydrogen-bond donors (Lipinski definition) is 1. The molecule has 1 rings (SSSR count). The molecule has 1 heterocycles. The summed E-state index contributed by atoms with van der Waals surface area (Å²) in [4.78, 5) is 14.0. The van der Waals surface area contributed by atoms with Gasteiger partial charge in [-0.2, -0.15) is 0 Å². The van der Waals surface area contributed by atoms with E-state index >= 15 is 0 Å². The van der Waals surface area contributed by atoms with Crippen LogP contribution in [0, 0.1) is 0 Å². The van der Waals surface area contributed by atoms with Gasteiger partial charge in [-0.05, 0) is 6.08 Å². The highest BCUT2D eigenvalue weighted by atomic mass is 79.9. The van der Waals surface area contributed by atoms with Crippen LogP contribution >= 0.6 is 15.9 Å². The summed E-state index contributed by atoms with van der Waals surface area (Å²) in [5.74, 6) is 0. The number of nitrogens with zero attached hydrogens (tertiary/aromatic N) is 1. The molecular formula is C5H5BrN2O. The molecule has 0 aromatic heterocycles. The number of rotatable bonds is 0. The van der Waals surface area contributed by atoms with E-state index in [4.69, 9.17) is 0 Å². The lowest BCUT2D eigenvalue weighted by molar-refractivity contribution is 0.252. The first-order chi connectivity index (χ1) is 4.29. The van der Waals surface area contributed by atoms with Crippen molar-refractivity contribution in [1.82, 2.24) is 5.32 Å². The molecule has 4 heteroatoms. The van der Waals surface area contributed by atoms with Crippen molar-refractivity contribution in [1.29, 1.82) is 0 Å². The predicted octanol–water partition coefficient (Wildman–Crippen LogP) is 1.06. The van der Waals surface area contributed by atoms with Gasteiger partial charge in [-0.25, -0.2) is 9.79 Å². The van der Waals surface area contributed by atoms with Gasteiger partial charge in [0.2, 0.25) is 0 Å². The SMILES string of the molecule is O=C1N=CC(Br)C=CN1. The van der Waals surface area contributed by atoms with Gasteiger partial charge < -0.3 is 5.32 Å². The van der Waals surface area contributed by atoms with Gasteiger partial charge in [0.15, 0.2) is 0 Å². The molecule has 1 aliphatic heterocycles. The Labute approximate surface area is 61.0 Å². The quantitative estimate of drug-likeness (QED) is 0.568. The van der Waals surface area contributed by atoms with Crippen LogP contribution in [0.3, 0.4) is 0 Å².